The number of pyridine rings is 3. The van der Waals surface area contributed by atoms with Gasteiger partial charge >= 0.3 is 0 Å². The van der Waals surface area contributed by atoms with Gasteiger partial charge in [0.25, 0.3) is 0 Å². The number of fused-ring (bicyclic) bond motifs is 5. The first-order chi connectivity index (χ1) is 23.1. The van der Waals surface area contributed by atoms with Gasteiger partial charge in [-0.1, -0.05) is 101 Å². The number of rotatable bonds is 3. The molecular weight excluding hydrogens is 785 g/mol. The minimum absolute atomic E-state index is 0. The average Bonchev–Trinajstić information content (AvgIpc) is 3.71. The molecule has 0 atom stereocenters. The standard InChI is InChI=1S/C27H20N3O2.C15H16N.Ir/c1-27(2,3)26-30-22-20-18-13-9-12-17(19-14-7-8-15-28-19)23(18)31-24(20)21(29-25(22)32-26)16-10-5-4-6-11-16;1-15(2,3)13-9-10-16-14(11-13)12-7-5-4-6-8-12;/h4-11,13-15H,1-3H3;4-7,9-11H,1-3H3;/q2*-1;. The summed E-state index contributed by atoms with van der Waals surface area (Å²) in [6.07, 6.45) is 3.64. The van der Waals surface area contributed by atoms with Gasteiger partial charge in [-0.3, -0.25) is 0 Å². The quantitative estimate of drug-likeness (QED) is 0.165. The van der Waals surface area contributed by atoms with Gasteiger partial charge in [0.05, 0.1) is 5.58 Å². The summed E-state index contributed by atoms with van der Waals surface area (Å²) < 4.78 is 12.7. The topological polar surface area (TPSA) is 77.8 Å². The van der Waals surface area contributed by atoms with E-state index in [1.165, 1.54) is 5.56 Å². The second-order valence-corrected chi connectivity index (χ2v) is 13.8. The third-order valence-electron chi connectivity index (χ3n) is 8.15. The Bertz CT molecular complexity index is 2350. The van der Waals surface area contributed by atoms with Gasteiger partial charge in [0, 0.05) is 48.9 Å². The molecule has 0 unspecified atom stereocenters. The van der Waals surface area contributed by atoms with Crippen molar-refractivity contribution in [1.29, 1.82) is 0 Å². The Morgan fingerprint density at radius 3 is 2.08 bits per heavy atom. The van der Waals surface area contributed by atoms with E-state index in [2.05, 4.69) is 75.8 Å². The maximum Gasteiger partial charge on any atom is 0.248 e. The molecule has 7 heteroatoms. The van der Waals surface area contributed by atoms with Gasteiger partial charge in [0.1, 0.15) is 16.8 Å². The van der Waals surface area contributed by atoms with Crippen LogP contribution in [0.2, 0.25) is 0 Å². The molecule has 0 fully saturated rings. The molecule has 0 aliphatic heterocycles. The van der Waals surface area contributed by atoms with Gasteiger partial charge in [0.2, 0.25) is 11.6 Å². The van der Waals surface area contributed by atoms with E-state index in [9.17, 15) is 0 Å². The second-order valence-electron chi connectivity index (χ2n) is 13.8. The molecule has 0 saturated heterocycles. The number of furan rings is 1. The molecule has 247 valence electrons. The van der Waals surface area contributed by atoms with E-state index in [-0.39, 0.29) is 30.9 Å². The Morgan fingerprint density at radius 1 is 0.633 bits per heavy atom. The summed E-state index contributed by atoms with van der Waals surface area (Å²) in [7, 11) is 0. The zero-order valence-electron chi connectivity index (χ0n) is 28.3. The molecule has 0 spiro atoms. The predicted molar refractivity (Wildman–Crippen MR) is 192 cm³/mol. The van der Waals surface area contributed by atoms with Crippen LogP contribution < -0.4 is 0 Å². The van der Waals surface area contributed by atoms with Crippen molar-refractivity contribution >= 4 is 33.2 Å². The van der Waals surface area contributed by atoms with E-state index in [1.807, 2.05) is 91.1 Å². The van der Waals surface area contributed by atoms with Gasteiger partial charge in [-0.15, -0.1) is 54.1 Å². The maximum atomic E-state index is 6.51. The monoisotopic (exact) mass is 821 g/mol. The molecule has 0 aliphatic carbocycles. The Balaban J connectivity index is 0.000000208. The summed E-state index contributed by atoms with van der Waals surface area (Å²) in [5.74, 6) is 0.647. The third kappa shape index (κ3) is 6.82. The van der Waals surface area contributed by atoms with Crippen molar-refractivity contribution in [2.75, 3.05) is 0 Å². The van der Waals surface area contributed by atoms with Crippen LogP contribution in [0.3, 0.4) is 0 Å². The van der Waals surface area contributed by atoms with Crippen LogP contribution >= 0.6 is 0 Å². The molecule has 3 aromatic carbocycles. The molecule has 49 heavy (non-hydrogen) atoms. The van der Waals surface area contributed by atoms with Crippen LogP contribution in [-0.4, -0.2) is 19.9 Å². The minimum Gasteiger partial charge on any atom is -0.498 e. The van der Waals surface area contributed by atoms with E-state index in [0.717, 1.165) is 44.5 Å². The molecular formula is C42H36IrN4O2-2. The summed E-state index contributed by atoms with van der Waals surface area (Å²) in [5.41, 5.74) is 9.18. The molecule has 5 aromatic heterocycles. The zero-order valence-corrected chi connectivity index (χ0v) is 30.7. The smallest absolute Gasteiger partial charge is 0.248 e. The first-order valence-corrected chi connectivity index (χ1v) is 16.1. The molecule has 0 amide bonds. The van der Waals surface area contributed by atoms with Gasteiger partial charge in [-0.25, -0.2) is 9.97 Å². The summed E-state index contributed by atoms with van der Waals surface area (Å²) in [4.78, 5) is 18.6. The molecule has 1 radical (unpaired) electrons. The summed E-state index contributed by atoms with van der Waals surface area (Å²) in [5, 5.41) is 1.84. The molecule has 6 nitrogen and oxygen atoms in total. The van der Waals surface area contributed by atoms with Gasteiger partial charge in [0.15, 0.2) is 0 Å². The van der Waals surface area contributed by atoms with Crippen molar-refractivity contribution in [2.24, 2.45) is 0 Å². The van der Waals surface area contributed by atoms with Gasteiger partial charge < -0.3 is 18.8 Å². The van der Waals surface area contributed by atoms with Crippen molar-refractivity contribution in [3.8, 4) is 33.8 Å². The first-order valence-electron chi connectivity index (χ1n) is 16.1. The Kier molecular flexibility index (Phi) is 9.34. The Labute approximate surface area is 300 Å². The van der Waals surface area contributed by atoms with Crippen LogP contribution in [0.25, 0.3) is 66.9 Å². The zero-order chi connectivity index (χ0) is 33.5. The summed E-state index contributed by atoms with van der Waals surface area (Å²) >= 11 is 0. The largest absolute Gasteiger partial charge is 0.498 e. The van der Waals surface area contributed by atoms with Gasteiger partial charge in [-0.2, -0.15) is 0 Å². The van der Waals surface area contributed by atoms with Crippen LogP contribution in [0.4, 0.5) is 0 Å². The minimum atomic E-state index is -0.244. The van der Waals surface area contributed by atoms with Crippen molar-refractivity contribution < 1.29 is 28.9 Å². The Hall–Kier alpha value is -4.97. The van der Waals surface area contributed by atoms with Crippen molar-refractivity contribution in [2.45, 2.75) is 52.4 Å². The Morgan fingerprint density at radius 2 is 1.39 bits per heavy atom. The number of nitrogens with zero attached hydrogens (tertiary/aromatic N) is 4. The molecule has 0 aliphatic rings. The fourth-order valence-electron chi connectivity index (χ4n) is 5.58. The van der Waals surface area contributed by atoms with Crippen LogP contribution in [0, 0.1) is 12.1 Å². The van der Waals surface area contributed by atoms with E-state index in [0.29, 0.717) is 28.3 Å². The maximum absolute atomic E-state index is 6.51. The molecule has 8 aromatic rings. The van der Waals surface area contributed by atoms with Crippen molar-refractivity contribution in [3.63, 3.8) is 0 Å². The fourth-order valence-corrected chi connectivity index (χ4v) is 5.58. The molecule has 0 saturated carbocycles. The number of hydrogen-bond donors (Lipinski definition) is 0. The molecule has 8 rings (SSSR count). The summed E-state index contributed by atoms with van der Waals surface area (Å²) in [6, 6.07) is 38.4. The SMILES string of the molecule is CC(C)(C)c1ccnc(-c2[c-]cccc2)c1.CC(C)(C)c1nc2c(nc(-c3ccccc3)c3oc4c(-c5ccccn5)[c-]ccc4c32)o1.[Ir]. The van der Waals surface area contributed by atoms with Gasteiger partial charge in [-0.05, 0) is 34.5 Å². The fraction of sp³-hybridized carbons (Fsp3) is 0.190. The van der Waals surface area contributed by atoms with Crippen LogP contribution in [0.15, 0.2) is 118 Å². The van der Waals surface area contributed by atoms with E-state index < -0.39 is 0 Å². The van der Waals surface area contributed by atoms with Crippen molar-refractivity contribution in [3.05, 3.63) is 133 Å². The van der Waals surface area contributed by atoms with Crippen LogP contribution in [0.1, 0.15) is 53.0 Å². The average molecular weight is 821 g/mol. The summed E-state index contributed by atoms with van der Waals surface area (Å²) in [6.45, 7) is 12.9. The molecule has 0 N–H and O–H groups in total. The molecule has 5 heterocycles. The van der Waals surface area contributed by atoms with Crippen molar-refractivity contribution in [1.82, 2.24) is 19.9 Å². The van der Waals surface area contributed by atoms with E-state index in [4.69, 9.17) is 18.8 Å². The predicted octanol–water partition coefficient (Wildman–Crippen LogP) is 10.8. The number of oxazole rings is 1. The number of hydrogen-bond acceptors (Lipinski definition) is 6. The molecule has 0 bridgehead atoms. The van der Waals surface area contributed by atoms with E-state index >= 15 is 0 Å². The van der Waals surface area contributed by atoms with Crippen LogP contribution in [0.5, 0.6) is 0 Å². The normalized spacial score (nSPS) is 11.7. The third-order valence-corrected chi connectivity index (χ3v) is 8.15. The first kappa shape index (κ1) is 33.9. The van der Waals surface area contributed by atoms with E-state index in [1.54, 1.807) is 6.20 Å². The number of aromatic nitrogens is 4. The van der Waals surface area contributed by atoms with Crippen LogP contribution in [-0.2, 0) is 30.9 Å². The number of benzene rings is 3. The second kappa shape index (κ2) is 13.5.